The zero-order valence-electron chi connectivity index (χ0n) is 15.1. The van der Waals surface area contributed by atoms with Crippen LogP contribution in [0.4, 0.5) is 0 Å². The normalized spacial score (nSPS) is 27.3. The lowest BCUT2D eigenvalue weighted by atomic mass is 9.78. The molecule has 27 heavy (non-hydrogen) atoms. The SMILES string of the molecule is CCc1cc(-c2ccc(Cl)nc2Cl)ccc1C1C(=O)[C@@H]2CC[C@@](C)(O2)C1=O. The highest BCUT2D eigenvalue weighted by molar-refractivity contribution is 6.34. The number of carbonyl (C=O) groups excluding carboxylic acids is 2. The van der Waals surface area contributed by atoms with Crippen LogP contribution in [0.2, 0.25) is 10.3 Å². The quantitative estimate of drug-likeness (QED) is 0.545. The van der Waals surface area contributed by atoms with E-state index in [0.717, 1.165) is 22.3 Å². The topological polar surface area (TPSA) is 56.3 Å². The second-order valence-electron chi connectivity index (χ2n) is 7.32. The van der Waals surface area contributed by atoms with E-state index >= 15 is 0 Å². The van der Waals surface area contributed by atoms with E-state index in [1.165, 1.54) is 0 Å². The van der Waals surface area contributed by atoms with Crippen LogP contribution >= 0.6 is 23.2 Å². The molecule has 140 valence electrons. The van der Waals surface area contributed by atoms with E-state index in [1.54, 1.807) is 13.0 Å². The first-order valence-corrected chi connectivity index (χ1v) is 9.81. The number of ether oxygens (including phenoxy) is 1. The molecule has 0 spiro atoms. The fourth-order valence-corrected chi connectivity index (χ4v) is 4.58. The number of nitrogens with zero attached hydrogens (tertiary/aromatic N) is 1. The summed E-state index contributed by atoms with van der Waals surface area (Å²) in [5.74, 6) is -1.00. The van der Waals surface area contributed by atoms with Gasteiger partial charge in [0.05, 0.1) is 0 Å². The van der Waals surface area contributed by atoms with Gasteiger partial charge in [0.1, 0.15) is 27.9 Å². The van der Waals surface area contributed by atoms with Crippen molar-refractivity contribution in [2.75, 3.05) is 0 Å². The van der Waals surface area contributed by atoms with Gasteiger partial charge >= 0.3 is 0 Å². The molecule has 4 nitrogen and oxygen atoms in total. The molecule has 1 aromatic carbocycles. The van der Waals surface area contributed by atoms with Crippen molar-refractivity contribution < 1.29 is 14.3 Å². The number of Topliss-reactive ketones (excluding diaryl/α,β-unsaturated/α-hetero) is 2. The van der Waals surface area contributed by atoms with Crippen molar-refractivity contribution in [3.63, 3.8) is 0 Å². The van der Waals surface area contributed by atoms with Gasteiger partial charge in [0.2, 0.25) is 0 Å². The summed E-state index contributed by atoms with van der Waals surface area (Å²) < 4.78 is 5.72. The Hall–Kier alpha value is -1.75. The Morgan fingerprint density at radius 1 is 1.22 bits per heavy atom. The van der Waals surface area contributed by atoms with E-state index in [1.807, 2.05) is 31.2 Å². The van der Waals surface area contributed by atoms with Crippen molar-refractivity contribution in [1.29, 1.82) is 0 Å². The lowest BCUT2D eigenvalue weighted by molar-refractivity contribution is -0.160. The smallest absolute Gasteiger partial charge is 0.179 e. The maximum atomic E-state index is 13.0. The van der Waals surface area contributed by atoms with Crippen molar-refractivity contribution in [1.82, 2.24) is 4.98 Å². The third kappa shape index (κ3) is 3.00. The number of benzene rings is 1. The molecule has 0 amide bonds. The molecular weight excluding hydrogens is 385 g/mol. The predicted octanol–water partition coefficient (Wildman–Crippen LogP) is 4.79. The van der Waals surface area contributed by atoms with E-state index in [2.05, 4.69) is 4.98 Å². The first kappa shape index (κ1) is 18.6. The number of aryl methyl sites for hydroxylation is 1. The summed E-state index contributed by atoms with van der Waals surface area (Å²) in [5, 5.41) is 0.652. The largest absolute Gasteiger partial charge is 0.356 e. The van der Waals surface area contributed by atoms with Crippen LogP contribution in [0.15, 0.2) is 30.3 Å². The molecule has 1 unspecified atom stereocenters. The molecule has 4 rings (SSSR count). The average Bonchev–Trinajstić information content (AvgIpc) is 3.02. The summed E-state index contributed by atoms with van der Waals surface area (Å²) in [6, 6.07) is 9.23. The second-order valence-corrected chi connectivity index (χ2v) is 8.06. The number of aromatic nitrogens is 1. The molecular formula is C21H19Cl2NO3. The molecule has 2 bridgehead atoms. The zero-order chi connectivity index (χ0) is 19.3. The number of halogens is 2. The molecule has 0 N–H and O–H groups in total. The Balaban J connectivity index is 1.78. The Morgan fingerprint density at radius 3 is 2.70 bits per heavy atom. The summed E-state index contributed by atoms with van der Waals surface area (Å²) in [4.78, 5) is 30.0. The number of hydrogen-bond acceptors (Lipinski definition) is 4. The first-order valence-electron chi connectivity index (χ1n) is 9.05. The maximum absolute atomic E-state index is 13.0. The molecule has 2 aliphatic rings. The lowest BCUT2D eigenvalue weighted by Gasteiger charge is -2.34. The number of rotatable bonds is 3. The first-order chi connectivity index (χ1) is 12.8. The monoisotopic (exact) mass is 403 g/mol. The molecule has 1 aromatic heterocycles. The highest BCUT2D eigenvalue weighted by Gasteiger charge is 2.55. The standard InChI is InChI=1S/C21H19Cl2NO3/c1-3-11-10-12(14-6-7-16(22)24-20(14)23)4-5-13(11)17-18(25)15-8-9-21(2,27-15)19(17)26/h4-7,10,15,17H,3,8-9H2,1-2H3/t15-,17?,21+/m0/s1. The fourth-order valence-electron chi connectivity index (χ4n) is 4.12. The van der Waals surface area contributed by atoms with Gasteiger partial charge in [-0.2, -0.15) is 0 Å². The molecule has 3 atom stereocenters. The van der Waals surface area contributed by atoms with Crippen LogP contribution in [0.1, 0.15) is 43.7 Å². The summed E-state index contributed by atoms with van der Waals surface area (Å²) in [5.41, 5.74) is 2.52. The van der Waals surface area contributed by atoms with Crippen molar-refractivity contribution in [3.05, 3.63) is 51.8 Å². The molecule has 0 radical (unpaired) electrons. The fraction of sp³-hybridized carbons (Fsp3) is 0.381. The number of fused-ring (bicyclic) bond motifs is 2. The third-order valence-electron chi connectivity index (χ3n) is 5.63. The Kier molecular flexibility index (Phi) is 4.61. The molecule has 2 fully saturated rings. The zero-order valence-corrected chi connectivity index (χ0v) is 16.6. The molecule has 3 heterocycles. The van der Waals surface area contributed by atoms with Gasteiger partial charge in [-0.15, -0.1) is 0 Å². The second kappa shape index (κ2) is 6.69. The van der Waals surface area contributed by atoms with Gasteiger partial charge in [0, 0.05) is 5.56 Å². The van der Waals surface area contributed by atoms with E-state index in [-0.39, 0.29) is 11.6 Å². The Bertz CT molecular complexity index is 958. The Morgan fingerprint density at radius 2 is 2.00 bits per heavy atom. The van der Waals surface area contributed by atoms with Gasteiger partial charge in [-0.1, -0.05) is 48.3 Å². The summed E-state index contributed by atoms with van der Waals surface area (Å²) in [7, 11) is 0. The molecule has 0 saturated carbocycles. The highest BCUT2D eigenvalue weighted by atomic mass is 35.5. The minimum Gasteiger partial charge on any atom is -0.356 e. The average molecular weight is 404 g/mol. The van der Waals surface area contributed by atoms with Crippen LogP contribution in [-0.4, -0.2) is 28.3 Å². The van der Waals surface area contributed by atoms with Gasteiger partial charge in [0.25, 0.3) is 0 Å². The van der Waals surface area contributed by atoms with E-state index in [0.29, 0.717) is 29.6 Å². The minimum atomic E-state index is -0.851. The molecule has 2 saturated heterocycles. The Labute approximate surface area is 167 Å². The highest BCUT2D eigenvalue weighted by Crippen LogP contribution is 2.44. The number of hydrogen-bond donors (Lipinski definition) is 0. The van der Waals surface area contributed by atoms with Crippen LogP contribution < -0.4 is 0 Å². The molecule has 0 aliphatic carbocycles. The summed E-state index contributed by atoms with van der Waals surface area (Å²) in [6.07, 6.45) is 1.44. The van der Waals surface area contributed by atoms with Crippen molar-refractivity contribution in [2.24, 2.45) is 0 Å². The van der Waals surface area contributed by atoms with Crippen molar-refractivity contribution in [2.45, 2.75) is 50.7 Å². The summed E-state index contributed by atoms with van der Waals surface area (Å²) in [6.45, 7) is 3.81. The van der Waals surface area contributed by atoms with Gasteiger partial charge < -0.3 is 4.74 Å². The number of ketones is 2. The molecule has 6 heteroatoms. The number of carbonyl (C=O) groups is 2. The maximum Gasteiger partial charge on any atom is 0.179 e. The van der Waals surface area contributed by atoms with Crippen LogP contribution in [-0.2, 0) is 20.7 Å². The van der Waals surface area contributed by atoms with Crippen LogP contribution in [0.5, 0.6) is 0 Å². The minimum absolute atomic E-state index is 0.122. The van der Waals surface area contributed by atoms with Crippen LogP contribution in [0.25, 0.3) is 11.1 Å². The predicted molar refractivity (Wildman–Crippen MR) is 104 cm³/mol. The van der Waals surface area contributed by atoms with Gasteiger partial charge in [-0.25, -0.2) is 4.98 Å². The van der Waals surface area contributed by atoms with E-state index in [9.17, 15) is 9.59 Å². The van der Waals surface area contributed by atoms with Crippen molar-refractivity contribution in [3.8, 4) is 11.1 Å². The third-order valence-corrected chi connectivity index (χ3v) is 6.13. The van der Waals surface area contributed by atoms with Crippen LogP contribution in [0, 0.1) is 0 Å². The van der Waals surface area contributed by atoms with Gasteiger partial charge in [-0.05, 0) is 55.0 Å². The molecule has 2 aromatic rings. The number of pyridine rings is 1. The van der Waals surface area contributed by atoms with E-state index < -0.39 is 17.6 Å². The summed E-state index contributed by atoms with van der Waals surface area (Å²) >= 11 is 12.1. The lowest BCUT2D eigenvalue weighted by Crippen LogP contribution is -2.49. The van der Waals surface area contributed by atoms with Crippen LogP contribution in [0.3, 0.4) is 0 Å². The van der Waals surface area contributed by atoms with Gasteiger partial charge in [0.15, 0.2) is 11.6 Å². The van der Waals surface area contributed by atoms with Gasteiger partial charge in [-0.3, -0.25) is 9.59 Å². The molecule has 2 aliphatic heterocycles. The van der Waals surface area contributed by atoms with E-state index in [4.69, 9.17) is 27.9 Å². The van der Waals surface area contributed by atoms with Crippen molar-refractivity contribution >= 4 is 34.8 Å².